The zero-order valence-electron chi connectivity index (χ0n) is 12.8. The predicted octanol–water partition coefficient (Wildman–Crippen LogP) is 2.07. The Labute approximate surface area is 120 Å². The standard InChI is InChI=1S/C15H26N4O/c1-14(2,3)19-10-9-17-12(13(19)20)18-15(11-16)7-5-4-6-8-15/h9-10H,4-8,11,16H2,1-3H3,(H,17,18). The molecule has 1 heterocycles. The molecule has 5 nitrogen and oxygen atoms in total. The zero-order chi connectivity index (χ0) is 14.8. The topological polar surface area (TPSA) is 72.9 Å². The molecule has 1 fully saturated rings. The Kier molecular flexibility index (Phi) is 4.18. The summed E-state index contributed by atoms with van der Waals surface area (Å²) in [5, 5.41) is 3.36. The number of hydrogen-bond donors (Lipinski definition) is 2. The van der Waals surface area contributed by atoms with Crippen molar-refractivity contribution in [1.29, 1.82) is 0 Å². The fourth-order valence-corrected chi connectivity index (χ4v) is 2.89. The fraction of sp³-hybridized carbons (Fsp3) is 0.733. The molecule has 112 valence electrons. The summed E-state index contributed by atoms with van der Waals surface area (Å²) in [5.74, 6) is 0.426. The maximum atomic E-state index is 12.5. The van der Waals surface area contributed by atoms with E-state index < -0.39 is 0 Å². The number of aromatic nitrogens is 2. The average molecular weight is 278 g/mol. The van der Waals surface area contributed by atoms with Gasteiger partial charge in [0.25, 0.3) is 5.56 Å². The maximum Gasteiger partial charge on any atom is 0.293 e. The van der Waals surface area contributed by atoms with E-state index in [0.29, 0.717) is 12.4 Å². The molecule has 20 heavy (non-hydrogen) atoms. The van der Waals surface area contributed by atoms with Crippen LogP contribution in [0.15, 0.2) is 17.2 Å². The lowest BCUT2D eigenvalue weighted by atomic mass is 9.82. The SMILES string of the molecule is CC(C)(C)n1ccnc(NC2(CN)CCCCC2)c1=O. The summed E-state index contributed by atoms with van der Waals surface area (Å²) in [6.07, 6.45) is 9.00. The van der Waals surface area contributed by atoms with E-state index in [9.17, 15) is 4.79 Å². The molecule has 1 aliphatic rings. The molecule has 0 aromatic carbocycles. The third-order valence-electron chi connectivity index (χ3n) is 4.15. The third-order valence-corrected chi connectivity index (χ3v) is 4.15. The van der Waals surface area contributed by atoms with Gasteiger partial charge in [0.05, 0.1) is 5.54 Å². The van der Waals surface area contributed by atoms with Crippen LogP contribution in [0.4, 0.5) is 5.82 Å². The summed E-state index contributed by atoms with van der Waals surface area (Å²) in [5.41, 5.74) is 5.47. The first-order chi connectivity index (χ1) is 9.38. The molecule has 1 aromatic rings. The molecule has 0 spiro atoms. The second-order valence-corrected chi connectivity index (χ2v) is 6.79. The van der Waals surface area contributed by atoms with Crippen LogP contribution >= 0.6 is 0 Å². The van der Waals surface area contributed by atoms with Crippen LogP contribution in [0.1, 0.15) is 52.9 Å². The quantitative estimate of drug-likeness (QED) is 0.887. The van der Waals surface area contributed by atoms with E-state index in [1.807, 2.05) is 20.8 Å². The van der Waals surface area contributed by atoms with Gasteiger partial charge in [-0.2, -0.15) is 0 Å². The van der Waals surface area contributed by atoms with Crippen molar-refractivity contribution < 1.29 is 0 Å². The van der Waals surface area contributed by atoms with Gasteiger partial charge in [0, 0.05) is 24.5 Å². The van der Waals surface area contributed by atoms with Gasteiger partial charge in [-0.1, -0.05) is 19.3 Å². The van der Waals surface area contributed by atoms with E-state index in [0.717, 1.165) is 25.7 Å². The normalized spacial score (nSPS) is 18.8. The van der Waals surface area contributed by atoms with Gasteiger partial charge in [0.2, 0.25) is 0 Å². The molecule has 0 unspecified atom stereocenters. The highest BCUT2D eigenvalue weighted by atomic mass is 16.1. The number of nitrogens with zero attached hydrogens (tertiary/aromatic N) is 2. The molecule has 1 saturated carbocycles. The fourth-order valence-electron chi connectivity index (χ4n) is 2.89. The number of hydrogen-bond acceptors (Lipinski definition) is 4. The first kappa shape index (κ1) is 15.0. The Hall–Kier alpha value is -1.36. The van der Waals surface area contributed by atoms with Crippen molar-refractivity contribution in [2.45, 2.75) is 64.0 Å². The molecule has 0 aliphatic heterocycles. The Morgan fingerprint density at radius 2 is 2.00 bits per heavy atom. The van der Waals surface area contributed by atoms with Gasteiger partial charge >= 0.3 is 0 Å². The molecule has 0 radical (unpaired) electrons. The van der Waals surface area contributed by atoms with Crippen LogP contribution in [-0.2, 0) is 5.54 Å². The largest absolute Gasteiger partial charge is 0.359 e. The zero-order valence-corrected chi connectivity index (χ0v) is 12.8. The molecule has 1 aromatic heterocycles. The lowest BCUT2D eigenvalue weighted by molar-refractivity contribution is 0.328. The summed E-state index contributed by atoms with van der Waals surface area (Å²) < 4.78 is 1.72. The van der Waals surface area contributed by atoms with E-state index in [4.69, 9.17) is 5.73 Å². The number of anilines is 1. The summed E-state index contributed by atoms with van der Waals surface area (Å²) in [6.45, 7) is 6.57. The van der Waals surface area contributed by atoms with Crippen molar-refractivity contribution >= 4 is 5.82 Å². The van der Waals surface area contributed by atoms with Crippen molar-refractivity contribution in [2.75, 3.05) is 11.9 Å². The molecular formula is C15H26N4O. The van der Waals surface area contributed by atoms with Gasteiger partial charge < -0.3 is 15.6 Å². The second kappa shape index (κ2) is 5.56. The first-order valence-electron chi connectivity index (χ1n) is 7.44. The molecule has 5 heteroatoms. The summed E-state index contributed by atoms with van der Waals surface area (Å²) in [4.78, 5) is 16.8. The Balaban J connectivity index is 2.32. The van der Waals surface area contributed by atoms with Crippen LogP contribution in [0.25, 0.3) is 0 Å². The summed E-state index contributed by atoms with van der Waals surface area (Å²) in [6, 6.07) is 0. The molecule has 0 amide bonds. The van der Waals surface area contributed by atoms with Crippen molar-refractivity contribution in [2.24, 2.45) is 5.73 Å². The van der Waals surface area contributed by atoms with Gasteiger partial charge in [-0.25, -0.2) is 4.98 Å². The number of nitrogens with one attached hydrogen (secondary N) is 1. The van der Waals surface area contributed by atoms with Crippen molar-refractivity contribution in [1.82, 2.24) is 9.55 Å². The molecular weight excluding hydrogens is 252 g/mol. The molecule has 0 atom stereocenters. The van der Waals surface area contributed by atoms with Crippen molar-refractivity contribution in [3.05, 3.63) is 22.7 Å². The van der Waals surface area contributed by atoms with Crippen LogP contribution in [0, 0.1) is 0 Å². The van der Waals surface area contributed by atoms with E-state index in [-0.39, 0.29) is 16.6 Å². The van der Waals surface area contributed by atoms with Crippen molar-refractivity contribution in [3.8, 4) is 0 Å². The Morgan fingerprint density at radius 1 is 1.35 bits per heavy atom. The minimum Gasteiger partial charge on any atom is -0.359 e. The average Bonchev–Trinajstić information content (AvgIpc) is 2.41. The predicted molar refractivity (Wildman–Crippen MR) is 82.0 cm³/mol. The van der Waals surface area contributed by atoms with E-state index in [1.165, 1.54) is 6.42 Å². The van der Waals surface area contributed by atoms with Crippen LogP contribution in [0.3, 0.4) is 0 Å². The first-order valence-corrected chi connectivity index (χ1v) is 7.44. The molecule has 0 saturated heterocycles. The third kappa shape index (κ3) is 3.03. The minimum atomic E-state index is -0.251. The molecule has 3 N–H and O–H groups in total. The van der Waals surface area contributed by atoms with Gasteiger partial charge in [-0.15, -0.1) is 0 Å². The Bertz CT molecular complexity index is 509. The minimum absolute atomic E-state index is 0.0709. The number of nitrogens with two attached hydrogens (primary N) is 1. The molecule has 1 aliphatic carbocycles. The van der Waals surface area contributed by atoms with Gasteiger partial charge in [-0.3, -0.25) is 4.79 Å². The van der Waals surface area contributed by atoms with Gasteiger partial charge in [-0.05, 0) is 33.6 Å². The lowest BCUT2D eigenvalue weighted by Gasteiger charge is -2.37. The van der Waals surface area contributed by atoms with E-state index in [2.05, 4.69) is 10.3 Å². The Morgan fingerprint density at radius 3 is 2.55 bits per heavy atom. The van der Waals surface area contributed by atoms with Crippen molar-refractivity contribution in [3.63, 3.8) is 0 Å². The summed E-state index contributed by atoms with van der Waals surface area (Å²) >= 11 is 0. The summed E-state index contributed by atoms with van der Waals surface area (Å²) in [7, 11) is 0. The smallest absolute Gasteiger partial charge is 0.293 e. The van der Waals surface area contributed by atoms with Gasteiger partial charge in [0.15, 0.2) is 5.82 Å². The second-order valence-electron chi connectivity index (χ2n) is 6.79. The van der Waals surface area contributed by atoms with Crippen LogP contribution in [0.5, 0.6) is 0 Å². The number of rotatable bonds is 3. The highest BCUT2D eigenvalue weighted by molar-refractivity contribution is 5.36. The highest BCUT2D eigenvalue weighted by Gasteiger charge is 2.32. The van der Waals surface area contributed by atoms with Crippen LogP contribution in [0.2, 0.25) is 0 Å². The van der Waals surface area contributed by atoms with Crippen LogP contribution < -0.4 is 16.6 Å². The van der Waals surface area contributed by atoms with E-state index >= 15 is 0 Å². The van der Waals surface area contributed by atoms with Crippen LogP contribution in [-0.4, -0.2) is 21.6 Å². The lowest BCUT2D eigenvalue weighted by Crippen LogP contribution is -2.49. The van der Waals surface area contributed by atoms with Gasteiger partial charge in [0.1, 0.15) is 0 Å². The van der Waals surface area contributed by atoms with E-state index in [1.54, 1.807) is 17.0 Å². The molecule has 2 rings (SSSR count). The monoisotopic (exact) mass is 278 g/mol. The highest BCUT2D eigenvalue weighted by Crippen LogP contribution is 2.29. The molecule has 0 bridgehead atoms. The maximum absolute atomic E-state index is 12.5.